The molecule has 3 heteroatoms. The molecule has 12 heavy (non-hydrogen) atoms. The summed E-state index contributed by atoms with van der Waals surface area (Å²) in [6.45, 7) is 6.04. The maximum atomic E-state index is 8.78. The Morgan fingerprint density at radius 2 is 2.25 bits per heavy atom. The molecule has 0 spiro atoms. The van der Waals surface area contributed by atoms with Crippen LogP contribution in [0.5, 0.6) is 0 Å². The fourth-order valence-electron chi connectivity index (χ4n) is 1.51. The van der Waals surface area contributed by atoms with Crippen LogP contribution < -0.4 is 0 Å². The lowest BCUT2D eigenvalue weighted by Crippen LogP contribution is -2.48. The normalized spacial score (nSPS) is 19.5. The van der Waals surface area contributed by atoms with Gasteiger partial charge in [0.05, 0.1) is 0 Å². The first kappa shape index (κ1) is 10.4. The van der Waals surface area contributed by atoms with Gasteiger partial charge in [0.25, 0.3) is 0 Å². The third-order valence-corrected chi connectivity index (χ3v) is 3.24. The second-order valence-corrected chi connectivity index (χ2v) is 4.75. The molecule has 1 rings (SSSR count). The van der Waals surface area contributed by atoms with Gasteiger partial charge in [-0.15, -0.1) is 0 Å². The Kier molecular flexibility index (Phi) is 5.04. The predicted molar refractivity (Wildman–Crippen MR) is 54.6 cm³/mol. The molecular weight excluding hydrogens is 170 g/mol. The summed E-state index contributed by atoms with van der Waals surface area (Å²) in [6.07, 6.45) is 1.30. The van der Waals surface area contributed by atoms with E-state index in [2.05, 4.69) is 11.8 Å². The van der Waals surface area contributed by atoms with Gasteiger partial charge in [-0.3, -0.25) is 0 Å². The second-order valence-electron chi connectivity index (χ2n) is 3.36. The summed E-state index contributed by atoms with van der Waals surface area (Å²) in [7, 11) is 0. The van der Waals surface area contributed by atoms with Gasteiger partial charge in [0, 0.05) is 25.6 Å². The summed E-state index contributed by atoms with van der Waals surface area (Å²) in [6, 6.07) is 0. The van der Waals surface area contributed by atoms with Crippen molar-refractivity contribution in [2.75, 3.05) is 37.7 Å². The van der Waals surface area contributed by atoms with Gasteiger partial charge in [0.1, 0.15) is 0 Å². The minimum Gasteiger partial charge on any atom is -0.396 e. The lowest BCUT2D eigenvalue weighted by Gasteiger charge is -2.38. The largest absolute Gasteiger partial charge is 0.396 e. The maximum absolute atomic E-state index is 8.78. The summed E-state index contributed by atoms with van der Waals surface area (Å²) in [5.41, 5.74) is 0. The van der Waals surface area contributed by atoms with Gasteiger partial charge in [-0.25, -0.2) is 0 Å². The van der Waals surface area contributed by atoms with Crippen LogP contribution in [0.25, 0.3) is 0 Å². The Bertz CT molecular complexity index is 115. The van der Waals surface area contributed by atoms with E-state index in [9.17, 15) is 0 Å². The van der Waals surface area contributed by atoms with E-state index in [0.717, 1.165) is 13.1 Å². The Labute approximate surface area is 79.3 Å². The minimum absolute atomic E-state index is 0.375. The van der Waals surface area contributed by atoms with Crippen molar-refractivity contribution in [3.05, 3.63) is 0 Å². The van der Waals surface area contributed by atoms with Crippen LogP contribution in [0.4, 0.5) is 0 Å². The molecule has 0 aromatic heterocycles. The number of hydrogen-bond donors (Lipinski definition) is 1. The number of aliphatic hydroxyl groups is 1. The van der Waals surface area contributed by atoms with Crippen LogP contribution in [-0.4, -0.2) is 47.8 Å². The Balaban J connectivity index is 1.83. The number of likely N-dealkylation sites (tertiary alicyclic amines) is 1. The van der Waals surface area contributed by atoms with E-state index in [1.54, 1.807) is 0 Å². The van der Waals surface area contributed by atoms with E-state index in [1.165, 1.54) is 24.5 Å². The average Bonchev–Trinajstić information content (AvgIpc) is 2.01. The number of aliphatic hydroxyl groups excluding tert-OH is 1. The molecule has 0 amide bonds. The Morgan fingerprint density at radius 3 is 2.83 bits per heavy atom. The third-order valence-electron chi connectivity index (χ3n) is 2.26. The van der Waals surface area contributed by atoms with E-state index < -0.39 is 0 Å². The molecule has 0 radical (unpaired) electrons. The first-order valence-electron chi connectivity index (χ1n) is 4.77. The van der Waals surface area contributed by atoms with E-state index in [-0.39, 0.29) is 0 Å². The van der Waals surface area contributed by atoms with Crippen LogP contribution in [0.15, 0.2) is 0 Å². The van der Waals surface area contributed by atoms with Gasteiger partial charge < -0.3 is 10.0 Å². The molecule has 1 fully saturated rings. The zero-order chi connectivity index (χ0) is 8.81. The molecule has 1 saturated heterocycles. The van der Waals surface area contributed by atoms with Crippen LogP contribution >= 0.6 is 11.8 Å². The van der Waals surface area contributed by atoms with Crippen LogP contribution in [0.3, 0.4) is 0 Å². The molecule has 2 nitrogen and oxygen atoms in total. The van der Waals surface area contributed by atoms with Crippen LogP contribution in [0, 0.1) is 5.92 Å². The molecule has 0 unspecified atom stereocenters. The highest BCUT2D eigenvalue weighted by Gasteiger charge is 2.24. The number of hydrogen-bond acceptors (Lipinski definition) is 3. The summed E-state index contributed by atoms with van der Waals surface area (Å²) < 4.78 is 0. The topological polar surface area (TPSA) is 23.5 Å². The standard InChI is InChI=1S/C9H19NOS/c1-2-12-5-3-4-10-6-9(7-10)8-11/h9,11H,2-8H2,1H3. The first-order valence-corrected chi connectivity index (χ1v) is 5.93. The maximum Gasteiger partial charge on any atom is 0.0483 e. The molecule has 1 heterocycles. The minimum atomic E-state index is 0.375. The lowest BCUT2D eigenvalue weighted by atomic mass is 10.0. The molecule has 0 aliphatic carbocycles. The van der Waals surface area contributed by atoms with E-state index in [4.69, 9.17) is 5.11 Å². The molecule has 1 aliphatic heterocycles. The van der Waals surface area contributed by atoms with Crippen molar-refractivity contribution in [2.45, 2.75) is 13.3 Å². The fourth-order valence-corrected chi connectivity index (χ4v) is 2.13. The van der Waals surface area contributed by atoms with E-state index in [0.29, 0.717) is 12.5 Å². The quantitative estimate of drug-likeness (QED) is 0.632. The van der Waals surface area contributed by atoms with Crippen molar-refractivity contribution >= 4 is 11.8 Å². The molecule has 1 aliphatic rings. The highest BCUT2D eigenvalue weighted by molar-refractivity contribution is 7.99. The van der Waals surface area contributed by atoms with Gasteiger partial charge in [0.15, 0.2) is 0 Å². The SMILES string of the molecule is CCSCCCN1CC(CO)C1. The zero-order valence-corrected chi connectivity index (χ0v) is 8.65. The molecule has 72 valence electrons. The number of nitrogens with zero attached hydrogens (tertiary/aromatic N) is 1. The molecule has 0 aromatic rings. The highest BCUT2D eigenvalue weighted by Crippen LogP contribution is 2.15. The molecule has 0 aromatic carbocycles. The smallest absolute Gasteiger partial charge is 0.0483 e. The van der Waals surface area contributed by atoms with Gasteiger partial charge in [-0.05, 0) is 24.5 Å². The predicted octanol–water partition coefficient (Wildman–Crippen LogP) is 1.05. The van der Waals surface area contributed by atoms with Crippen molar-refractivity contribution in [2.24, 2.45) is 5.92 Å². The molecule has 0 atom stereocenters. The zero-order valence-electron chi connectivity index (χ0n) is 7.83. The monoisotopic (exact) mass is 189 g/mol. The van der Waals surface area contributed by atoms with E-state index in [1.807, 2.05) is 11.8 Å². The Hall–Kier alpha value is 0.270. The molecule has 1 N–H and O–H groups in total. The van der Waals surface area contributed by atoms with Crippen molar-refractivity contribution in [1.29, 1.82) is 0 Å². The van der Waals surface area contributed by atoms with Crippen molar-refractivity contribution < 1.29 is 5.11 Å². The lowest BCUT2D eigenvalue weighted by molar-refractivity contribution is 0.0545. The van der Waals surface area contributed by atoms with Crippen LogP contribution in [0.2, 0.25) is 0 Å². The number of thioether (sulfide) groups is 1. The van der Waals surface area contributed by atoms with Gasteiger partial charge in [0.2, 0.25) is 0 Å². The third kappa shape index (κ3) is 3.33. The summed E-state index contributed by atoms with van der Waals surface area (Å²) in [5, 5.41) is 8.78. The number of rotatable bonds is 6. The Morgan fingerprint density at radius 1 is 1.50 bits per heavy atom. The van der Waals surface area contributed by atoms with Crippen molar-refractivity contribution in [3.63, 3.8) is 0 Å². The summed E-state index contributed by atoms with van der Waals surface area (Å²) in [5.74, 6) is 3.10. The van der Waals surface area contributed by atoms with Gasteiger partial charge in [-0.2, -0.15) is 11.8 Å². The van der Waals surface area contributed by atoms with E-state index >= 15 is 0 Å². The van der Waals surface area contributed by atoms with Crippen molar-refractivity contribution in [1.82, 2.24) is 4.90 Å². The molecule has 0 bridgehead atoms. The molecular formula is C9H19NOS. The first-order chi connectivity index (χ1) is 5.86. The van der Waals surface area contributed by atoms with Crippen LogP contribution in [0.1, 0.15) is 13.3 Å². The summed E-state index contributed by atoms with van der Waals surface area (Å²) >= 11 is 2.02. The average molecular weight is 189 g/mol. The summed E-state index contributed by atoms with van der Waals surface area (Å²) in [4.78, 5) is 2.43. The fraction of sp³-hybridized carbons (Fsp3) is 1.00. The van der Waals surface area contributed by atoms with Crippen molar-refractivity contribution in [3.8, 4) is 0 Å². The van der Waals surface area contributed by atoms with Crippen LogP contribution in [-0.2, 0) is 0 Å². The second kappa shape index (κ2) is 5.84. The van der Waals surface area contributed by atoms with Gasteiger partial charge in [-0.1, -0.05) is 6.92 Å². The van der Waals surface area contributed by atoms with Gasteiger partial charge >= 0.3 is 0 Å². The highest BCUT2D eigenvalue weighted by atomic mass is 32.2. The molecule has 0 saturated carbocycles.